The van der Waals surface area contributed by atoms with Crippen molar-refractivity contribution in [2.24, 2.45) is 0 Å². The van der Waals surface area contributed by atoms with E-state index in [1.54, 1.807) is 18.2 Å². The number of anilines is 1. The molecule has 0 bridgehead atoms. The number of nitro benzene ring substituents is 1. The van der Waals surface area contributed by atoms with E-state index in [9.17, 15) is 14.9 Å². The van der Waals surface area contributed by atoms with E-state index in [-0.39, 0.29) is 11.6 Å². The minimum Gasteiger partial charge on any atom is -0.465 e. The van der Waals surface area contributed by atoms with Crippen LogP contribution in [0.2, 0.25) is 0 Å². The van der Waals surface area contributed by atoms with Gasteiger partial charge in [0.05, 0.1) is 16.8 Å². The van der Waals surface area contributed by atoms with E-state index >= 15 is 0 Å². The molecule has 0 spiro atoms. The summed E-state index contributed by atoms with van der Waals surface area (Å²) in [7, 11) is 0. The number of nitrogens with zero attached hydrogens (tertiary/aromatic N) is 1. The van der Waals surface area contributed by atoms with Crippen LogP contribution in [0, 0.1) is 10.1 Å². The number of hydrogen-bond acceptors (Lipinski definition) is 4. The Bertz CT molecular complexity index is 701. The van der Waals surface area contributed by atoms with Crippen LogP contribution in [0.4, 0.5) is 11.4 Å². The van der Waals surface area contributed by atoms with Crippen LogP contribution in [0.1, 0.15) is 11.3 Å². The Morgan fingerprint density at radius 2 is 2.16 bits per heavy atom. The molecule has 0 fully saturated rings. The minimum absolute atomic E-state index is 0.0550. The van der Waals surface area contributed by atoms with Gasteiger partial charge in [0.15, 0.2) is 0 Å². The first-order valence-electron chi connectivity index (χ1n) is 5.50. The summed E-state index contributed by atoms with van der Waals surface area (Å²) in [6.07, 6.45) is 3.05. The van der Waals surface area contributed by atoms with Gasteiger partial charge in [0.1, 0.15) is 5.76 Å². The Hall–Kier alpha value is -2.89. The van der Waals surface area contributed by atoms with Gasteiger partial charge in [-0.2, -0.15) is 0 Å². The van der Waals surface area contributed by atoms with Crippen molar-refractivity contribution in [3.05, 3.63) is 58.0 Å². The summed E-state index contributed by atoms with van der Waals surface area (Å²) in [6.45, 7) is 0. The number of benzene rings is 1. The number of nitrogens with one attached hydrogen (secondary N) is 1. The van der Waals surface area contributed by atoms with Crippen molar-refractivity contribution in [2.45, 2.75) is 0 Å². The lowest BCUT2D eigenvalue weighted by molar-refractivity contribution is -0.384. The van der Waals surface area contributed by atoms with E-state index in [2.05, 4.69) is 5.32 Å². The monoisotopic (exact) mass is 256 g/mol. The second kappa shape index (κ2) is 4.09. The molecule has 0 radical (unpaired) electrons. The Kier molecular flexibility index (Phi) is 2.42. The molecule has 2 heterocycles. The average Bonchev–Trinajstić information content (AvgIpc) is 2.98. The average molecular weight is 256 g/mol. The lowest BCUT2D eigenvalue weighted by Gasteiger charge is -1.97. The number of carbonyl (C=O) groups is 1. The maximum atomic E-state index is 11.8. The van der Waals surface area contributed by atoms with Crippen molar-refractivity contribution in [1.82, 2.24) is 0 Å². The lowest BCUT2D eigenvalue weighted by Crippen LogP contribution is -2.03. The molecule has 94 valence electrons. The molecule has 1 aromatic carbocycles. The third-order valence-electron chi connectivity index (χ3n) is 2.83. The van der Waals surface area contributed by atoms with Crippen molar-refractivity contribution >= 4 is 28.9 Å². The van der Waals surface area contributed by atoms with Crippen LogP contribution < -0.4 is 5.32 Å². The maximum absolute atomic E-state index is 11.8. The maximum Gasteiger partial charge on any atom is 0.270 e. The predicted octanol–water partition coefficient (Wildman–Crippen LogP) is 2.68. The molecule has 1 N–H and O–H groups in total. The van der Waals surface area contributed by atoms with E-state index in [0.29, 0.717) is 22.6 Å². The van der Waals surface area contributed by atoms with Gasteiger partial charge in [-0.15, -0.1) is 0 Å². The smallest absolute Gasteiger partial charge is 0.270 e. The molecule has 1 amide bonds. The highest BCUT2D eigenvalue weighted by Gasteiger charge is 2.26. The number of carbonyl (C=O) groups excluding carboxylic acids is 1. The molecule has 0 unspecified atom stereocenters. The van der Waals surface area contributed by atoms with Crippen molar-refractivity contribution in [3.8, 4) is 0 Å². The quantitative estimate of drug-likeness (QED) is 0.508. The normalized spacial score (nSPS) is 15.4. The zero-order chi connectivity index (χ0) is 13.4. The van der Waals surface area contributed by atoms with Gasteiger partial charge in [-0.25, -0.2) is 0 Å². The molecule has 6 nitrogen and oxygen atoms in total. The summed E-state index contributed by atoms with van der Waals surface area (Å²) in [4.78, 5) is 22.1. The van der Waals surface area contributed by atoms with Crippen LogP contribution >= 0.6 is 0 Å². The topological polar surface area (TPSA) is 85.4 Å². The molecule has 1 aromatic heterocycles. The first-order valence-corrected chi connectivity index (χ1v) is 5.50. The van der Waals surface area contributed by atoms with Crippen LogP contribution in [-0.2, 0) is 4.79 Å². The summed E-state index contributed by atoms with van der Waals surface area (Å²) in [5.41, 5.74) is 1.37. The van der Waals surface area contributed by atoms with E-state index < -0.39 is 4.92 Å². The third kappa shape index (κ3) is 1.89. The molecule has 1 aliphatic rings. The summed E-state index contributed by atoms with van der Waals surface area (Å²) in [5.74, 6) is 0.219. The van der Waals surface area contributed by atoms with Crippen molar-refractivity contribution < 1.29 is 14.1 Å². The SMILES string of the molecule is O=C1Nc2ccc([N+](=O)[O-])cc2/C1=C/c1ccco1. The Labute approximate surface area is 107 Å². The number of fused-ring (bicyclic) bond motifs is 1. The van der Waals surface area contributed by atoms with Gasteiger partial charge < -0.3 is 9.73 Å². The van der Waals surface area contributed by atoms with Crippen LogP contribution in [0.5, 0.6) is 0 Å². The molecular weight excluding hydrogens is 248 g/mol. The van der Waals surface area contributed by atoms with E-state index in [1.165, 1.54) is 24.5 Å². The van der Waals surface area contributed by atoms with Gasteiger partial charge in [0.2, 0.25) is 0 Å². The first-order chi connectivity index (χ1) is 9.15. The number of amides is 1. The molecule has 2 aromatic rings. The van der Waals surface area contributed by atoms with Gasteiger partial charge in [0, 0.05) is 23.4 Å². The van der Waals surface area contributed by atoms with Crippen molar-refractivity contribution in [1.29, 1.82) is 0 Å². The largest absolute Gasteiger partial charge is 0.465 e. The number of furan rings is 1. The summed E-state index contributed by atoms with van der Waals surface area (Å²) < 4.78 is 5.15. The van der Waals surface area contributed by atoms with Gasteiger partial charge in [0.25, 0.3) is 11.6 Å². The van der Waals surface area contributed by atoms with Crippen molar-refractivity contribution in [2.75, 3.05) is 5.32 Å². The molecule has 0 saturated carbocycles. The number of nitro groups is 1. The number of hydrogen-bond donors (Lipinski definition) is 1. The molecule has 1 aliphatic heterocycles. The summed E-state index contributed by atoms with van der Waals surface area (Å²) in [6, 6.07) is 7.66. The van der Waals surface area contributed by atoms with E-state index in [4.69, 9.17) is 4.42 Å². The molecule has 19 heavy (non-hydrogen) atoms. The van der Waals surface area contributed by atoms with Crippen LogP contribution in [0.25, 0.3) is 11.6 Å². The molecule has 0 saturated heterocycles. The number of non-ortho nitro benzene ring substituents is 1. The molecular formula is C13H8N2O4. The molecule has 6 heteroatoms. The van der Waals surface area contributed by atoms with Gasteiger partial charge in [-0.05, 0) is 24.3 Å². The Morgan fingerprint density at radius 1 is 1.32 bits per heavy atom. The zero-order valence-corrected chi connectivity index (χ0v) is 9.62. The molecule has 0 atom stereocenters. The van der Waals surface area contributed by atoms with Gasteiger partial charge in [-0.1, -0.05) is 0 Å². The van der Waals surface area contributed by atoms with Crippen LogP contribution in [0.15, 0.2) is 41.0 Å². The highest BCUT2D eigenvalue weighted by molar-refractivity contribution is 6.34. The highest BCUT2D eigenvalue weighted by Crippen LogP contribution is 2.35. The Morgan fingerprint density at radius 3 is 2.84 bits per heavy atom. The van der Waals surface area contributed by atoms with Gasteiger partial charge in [-0.3, -0.25) is 14.9 Å². The fourth-order valence-corrected chi connectivity index (χ4v) is 1.95. The van der Waals surface area contributed by atoms with E-state index in [0.717, 1.165) is 0 Å². The van der Waals surface area contributed by atoms with Crippen molar-refractivity contribution in [3.63, 3.8) is 0 Å². The predicted molar refractivity (Wildman–Crippen MR) is 68.3 cm³/mol. The first kappa shape index (κ1) is 11.2. The second-order valence-corrected chi connectivity index (χ2v) is 4.01. The van der Waals surface area contributed by atoms with E-state index in [1.807, 2.05) is 0 Å². The highest BCUT2D eigenvalue weighted by atomic mass is 16.6. The molecule has 0 aliphatic carbocycles. The number of rotatable bonds is 2. The zero-order valence-electron chi connectivity index (χ0n) is 9.62. The molecule has 3 rings (SSSR count). The third-order valence-corrected chi connectivity index (χ3v) is 2.83. The Balaban J connectivity index is 2.12. The standard InChI is InChI=1S/C13H8N2O4/c16-13-11(7-9-2-1-5-19-9)10-6-8(15(17)18)3-4-12(10)14-13/h1-7H,(H,14,16)/b11-7-. The summed E-state index contributed by atoms with van der Waals surface area (Å²) >= 11 is 0. The van der Waals surface area contributed by atoms with Crippen LogP contribution in [0.3, 0.4) is 0 Å². The summed E-state index contributed by atoms with van der Waals surface area (Å²) in [5, 5.41) is 13.4. The van der Waals surface area contributed by atoms with Gasteiger partial charge >= 0.3 is 0 Å². The lowest BCUT2D eigenvalue weighted by atomic mass is 10.1. The minimum atomic E-state index is -0.492. The second-order valence-electron chi connectivity index (χ2n) is 4.01. The fraction of sp³-hybridized carbons (Fsp3) is 0. The van der Waals surface area contributed by atoms with Crippen LogP contribution in [-0.4, -0.2) is 10.8 Å². The fourth-order valence-electron chi connectivity index (χ4n) is 1.95.